The van der Waals surface area contributed by atoms with E-state index in [2.05, 4.69) is 10.5 Å². The van der Waals surface area contributed by atoms with Crippen LogP contribution >= 0.6 is 12.4 Å². The zero-order valence-corrected chi connectivity index (χ0v) is 15.0. The molecule has 1 aromatic carbocycles. The summed E-state index contributed by atoms with van der Waals surface area (Å²) in [5.74, 6) is 1.84. The van der Waals surface area contributed by atoms with Crippen molar-refractivity contribution in [3.05, 3.63) is 41.8 Å². The number of rotatable bonds is 9. The number of hydrogen-bond donors (Lipinski definition) is 2. The number of para-hydroxylation sites is 2. The van der Waals surface area contributed by atoms with E-state index in [0.717, 1.165) is 5.69 Å². The van der Waals surface area contributed by atoms with Gasteiger partial charge in [-0.15, -0.1) is 12.4 Å². The number of hydrogen-bond acceptors (Lipinski definition) is 6. The van der Waals surface area contributed by atoms with Crippen LogP contribution in [-0.4, -0.2) is 35.6 Å². The van der Waals surface area contributed by atoms with Crippen molar-refractivity contribution in [3.8, 4) is 11.5 Å². The molecule has 2 aromatic rings. The molecule has 2 N–H and O–H groups in total. The van der Waals surface area contributed by atoms with Crippen LogP contribution in [-0.2, 0) is 6.61 Å². The Labute approximate surface area is 148 Å². The highest BCUT2D eigenvalue weighted by molar-refractivity contribution is 5.85. The normalized spacial score (nSPS) is 11.9. The SMILES string of the molecule is Cc1cc(COc2ccccc2OCC(O)CNC(C)C)on1.Cl. The number of benzene rings is 1. The first-order chi connectivity index (χ1) is 11.0. The van der Waals surface area contributed by atoms with Crippen LogP contribution in [0, 0.1) is 6.92 Å². The second-order valence-electron chi connectivity index (χ2n) is 5.70. The summed E-state index contributed by atoms with van der Waals surface area (Å²) < 4.78 is 16.5. The summed E-state index contributed by atoms with van der Waals surface area (Å²) in [6.45, 7) is 6.87. The Bertz CT molecular complexity index is 604. The van der Waals surface area contributed by atoms with Gasteiger partial charge in [0.1, 0.15) is 19.3 Å². The molecule has 1 atom stereocenters. The Morgan fingerprint density at radius 1 is 1.21 bits per heavy atom. The fraction of sp³-hybridized carbons (Fsp3) is 0.471. The first kappa shape index (κ1) is 20.3. The molecule has 0 amide bonds. The number of aliphatic hydroxyl groups excluding tert-OH is 1. The van der Waals surface area contributed by atoms with Crippen molar-refractivity contribution in [3.63, 3.8) is 0 Å². The van der Waals surface area contributed by atoms with Crippen LogP contribution in [0.3, 0.4) is 0 Å². The number of nitrogens with one attached hydrogen (secondary N) is 1. The van der Waals surface area contributed by atoms with Gasteiger partial charge in [0.15, 0.2) is 17.3 Å². The van der Waals surface area contributed by atoms with Gasteiger partial charge in [-0.25, -0.2) is 0 Å². The highest BCUT2D eigenvalue weighted by atomic mass is 35.5. The zero-order valence-electron chi connectivity index (χ0n) is 14.2. The standard InChI is InChI=1S/C17H24N2O4.ClH/c1-12(2)18-9-14(20)10-21-16-6-4-5-7-17(16)22-11-15-8-13(3)19-23-15;/h4-8,12,14,18,20H,9-11H2,1-3H3;1H. The lowest BCUT2D eigenvalue weighted by Crippen LogP contribution is -2.35. The first-order valence-electron chi connectivity index (χ1n) is 7.73. The molecule has 1 aromatic heterocycles. The summed E-state index contributed by atoms with van der Waals surface area (Å²) >= 11 is 0. The molecule has 2 rings (SSSR count). The molecule has 0 bridgehead atoms. The minimum absolute atomic E-state index is 0. The summed E-state index contributed by atoms with van der Waals surface area (Å²) in [6, 6.07) is 9.50. The highest BCUT2D eigenvalue weighted by Crippen LogP contribution is 2.27. The average Bonchev–Trinajstić information content (AvgIpc) is 2.95. The molecule has 1 unspecified atom stereocenters. The Morgan fingerprint density at radius 2 is 1.88 bits per heavy atom. The Kier molecular flexibility index (Phi) is 8.60. The van der Waals surface area contributed by atoms with Crippen LogP contribution in [0.5, 0.6) is 11.5 Å². The molecule has 0 aliphatic rings. The van der Waals surface area contributed by atoms with E-state index < -0.39 is 6.10 Å². The predicted octanol–water partition coefficient (Wildman–Crippen LogP) is 2.72. The maximum absolute atomic E-state index is 9.91. The van der Waals surface area contributed by atoms with E-state index in [0.29, 0.717) is 29.8 Å². The number of ether oxygens (including phenoxy) is 2. The van der Waals surface area contributed by atoms with Crippen molar-refractivity contribution >= 4 is 12.4 Å². The molecule has 0 aliphatic heterocycles. The second kappa shape index (κ2) is 10.2. The number of halogens is 1. The van der Waals surface area contributed by atoms with Crippen LogP contribution in [0.15, 0.2) is 34.9 Å². The van der Waals surface area contributed by atoms with Crippen molar-refractivity contribution in [1.29, 1.82) is 0 Å². The topological polar surface area (TPSA) is 76.8 Å². The number of aryl methyl sites for hydroxylation is 1. The smallest absolute Gasteiger partial charge is 0.174 e. The van der Waals surface area contributed by atoms with Crippen LogP contribution in [0.2, 0.25) is 0 Å². The molecule has 24 heavy (non-hydrogen) atoms. The lowest BCUT2D eigenvalue weighted by molar-refractivity contribution is 0.102. The van der Waals surface area contributed by atoms with Gasteiger partial charge in [0.2, 0.25) is 0 Å². The van der Waals surface area contributed by atoms with Crippen molar-refractivity contribution in [2.75, 3.05) is 13.2 Å². The van der Waals surface area contributed by atoms with Gasteiger partial charge in [0.05, 0.1) is 5.69 Å². The van der Waals surface area contributed by atoms with Crippen LogP contribution in [0.25, 0.3) is 0 Å². The first-order valence-corrected chi connectivity index (χ1v) is 7.73. The van der Waals surface area contributed by atoms with Crippen molar-refractivity contribution in [2.45, 2.75) is 39.5 Å². The highest BCUT2D eigenvalue weighted by Gasteiger charge is 2.10. The third-order valence-electron chi connectivity index (χ3n) is 3.09. The summed E-state index contributed by atoms with van der Waals surface area (Å²) in [6.07, 6.45) is -0.581. The largest absolute Gasteiger partial charge is 0.487 e. The van der Waals surface area contributed by atoms with E-state index in [1.807, 2.05) is 51.1 Å². The number of aliphatic hydroxyl groups is 1. The summed E-state index contributed by atoms with van der Waals surface area (Å²) in [4.78, 5) is 0. The average molecular weight is 357 g/mol. The van der Waals surface area contributed by atoms with Gasteiger partial charge < -0.3 is 24.4 Å². The third-order valence-corrected chi connectivity index (χ3v) is 3.09. The molecule has 7 heteroatoms. The molecule has 0 saturated heterocycles. The molecule has 134 valence electrons. The van der Waals surface area contributed by atoms with E-state index in [-0.39, 0.29) is 25.6 Å². The summed E-state index contributed by atoms with van der Waals surface area (Å²) in [7, 11) is 0. The monoisotopic (exact) mass is 356 g/mol. The van der Waals surface area contributed by atoms with E-state index in [1.165, 1.54) is 0 Å². The Balaban J connectivity index is 0.00000288. The van der Waals surface area contributed by atoms with Gasteiger partial charge in [0, 0.05) is 18.7 Å². The predicted molar refractivity (Wildman–Crippen MR) is 93.9 cm³/mol. The Morgan fingerprint density at radius 3 is 2.46 bits per heavy atom. The summed E-state index contributed by atoms with van der Waals surface area (Å²) in [5, 5.41) is 16.9. The van der Waals surface area contributed by atoms with Crippen molar-refractivity contribution in [1.82, 2.24) is 10.5 Å². The third kappa shape index (κ3) is 6.78. The van der Waals surface area contributed by atoms with Crippen molar-refractivity contribution < 1.29 is 19.1 Å². The molecule has 0 saturated carbocycles. The number of nitrogens with zero attached hydrogens (tertiary/aromatic N) is 1. The second-order valence-corrected chi connectivity index (χ2v) is 5.70. The molecular weight excluding hydrogens is 332 g/mol. The fourth-order valence-corrected chi connectivity index (χ4v) is 1.94. The van der Waals surface area contributed by atoms with E-state index >= 15 is 0 Å². The molecule has 6 nitrogen and oxygen atoms in total. The molecule has 0 spiro atoms. The fourth-order valence-electron chi connectivity index (χ4n) is 1.94. The van der Waals surface area contributed by atoms with Crippen molar-refractivity contribution in [2.24, 2.45) is 0 Å². The molecule has 0 radical (unpaired) electrons. The molecular formula is C17H25ClN2O4. The van der Waals surface area contributed by atoms with E-state index in [1.54, 1.807) is 0 Å². The van der Waals surface area contributed by atoms with Gasteiger partial charge in [-0.2, -0.15) is 0 Å². The quantitative estimate of drug-likeness (QED) is 0.719. The van der Waals surface area contributed by atoms with Gasteiger partial charge in [0.25, 0.3) is 0 Å². The lowest BCUT2D eigenvalue weighted by Gasteiger charge is -2.16. The maximum Gasteiger partial charge on any atom is 0.174 e. The zero-order chi connectivity index (χ0) is 16.7. The molecule has 1 heterocycles. The maximum atomic E-state index is 9.91. The van der Waals surface area contributed by atoms with Gasteiger partial charge in [-0.1, -0.05) is 31.1 Å². The van der Waals surface area contributed by atoms with E-state index in [4.69, 9.17) is 14.0 Å². The number of aromatic nitrogens is 1. The van der Waals surface area contributed by atoms with Crippen LogP contribution in [0.1, 0.15) is 25.3 Å². The van der Waals surface area contributed by atoms with Crippen LogP contribution in [0.4, 0.5) is 0 Å². The minimum atomic E-state index is -0.581. The summed E-state index contributed by atoms with van der Waals surface area (Å²) in [5.41, 5.74) is 0.814. The Hall–Kier alpha value is -1.76. The van der Waals surface area contributed by atoms with Gasteiger partial charge >= 0.3 is 0 Å². The van der Waals surface area contributed by atoms with Crippen LogP contribution < -0.4 is 14.8 Å². The van der Waals surface area contributed by atoms with E-state index in [9.17, 15) is 5.11 Å². The van der Waals surface area contributed by atoms with Gasteiger partial charge in [-0.05, 0) is 19.1 Å². The van der Waals surface area contributed by atoms with Gasteiger partial charge in [-0.3, -0.25) is 0 Å². The molecule has 0 aliphatic carbocycles. The lowest BCUT2D eigenvalue weighted by atomic mass is 10.3. The minimum Gasteiger partial charge on any atom is -0.487 e. The molecule has 0 fully saturated rings.